The van der Waals surface area contributed by atoms with E-state index in [1.807, 2.05) is 48.5 Å². The maximum atomic E-state index is 10.2. The fourth-order valence-electron chi connectivity index (χ4n) is 2.40. The van der Waals surface area contributed by atoms with E-state index in [-0.39, 0.29) is 6.04 Å². The van der Waals surface area contributed by atoms with E-state index >= 15 is 0 Å². The van der Waals surface area contributed by atoms with Gasteiger partial charge in [0.05, 0.1) is 18.0 Å². The number of rotatable bonds is 6. The van der Waals surface area contributed by atoms with Gasteiger partial charge in [-0.15, -0.1) is 0 Å². The lowest BCUT2D eigenvalue weighted by Crippen LogP contribution is -2.27. The van der Waals surface area contributed by atoms with Gasteiger partial charge in [0.25, 0.3) is 0 Å². The zero-order valence-electron chi connectivity index (χ0n) is 12.1. The van der Waals surface area contributed by atoms with Crippen molar-refractivity contribution in [2.45, 2.75) is 12.1 Å². The topological polar surface area (TPSA) is 58.3 Å². The van der Waals surface area contributed by atoms with Gasteiger partial charge in [0.15, 0.2) is 0 Å². The Balaban J connectivity index is 1.78. The van der Waals surface area contributed by atoms with Gasteiger partial charge in [-0.05, 0) is 29.8 Å². The maximum absolute atomic E-state index is 10.2. The van der Waals surface area contributed by atoms with Crippen LogP contribution in [0, 0.1) is 0 Å². The second kappa shape index (κ2) is 7.02. The van der Waals surface area contributed by atoms with Crippen molar-refractivity contribution in [2.24, 2.45) is 0 Å². The van der Waals surface area contributed by atoms with Crippen molar-refractivity contribution >= 4 is 0 Å². The Bertz CT molecular complexity index is 629. The van der Waals surface area contributed by atoms with Gasteiger partial charge in [0, 0.05) is 12.7 Å². The monoisotopic (exact) mass is 294 g/mol. The first-order valence-electron chi connectivity index (χ1n) is 7.25. The average molecular weight is 294 g/mol. The molecule has 0 bridgehead atoms. The SMILES string of the molecule is OC(CNC(c1ccccc1)c1ccccn1)c1ccco1. The van der Waals surface area contributed by atoms with Crippen LogP contribution in [0.15, 0.2) is 77.5 Å². The van der Waals surface area contributed by atoms with Crippen molar-refractivity contribution in [2.75, 3.05) is 6.54 Å². The van der Waals surface area contributed by atoms with Gasteiger partial charge in [-0.1, -0.05) is 36.4 Å². The number of hydrogen-bond acceptors (Lipinski definition) is 4. The van der Waals surface area contributed by atoms with Crippen molar-refractivity contribution in [1.29, 1.82) is 0 Å². The predicted molar refractivity (Wildman–Crippen MR) is 84.2 cm³/mol. The Morgan fingerprint density at radius 2 is 1.82 bits per heavy atom. The first-order valence-corrected chi connectivity index (χ1v) is 7.25. The van der Waals surface area contributed by atoms with Crippen molar-refractivity contribution in [3.8, 4) is 0 Å². The number of hydrogen-bond donors (Lipinski definition) is 2. The molecule has 0 spiro atoms. The van der Waals surface area contributed by atoms with Gasteiger partial charge in [0.1, 0.15) is 11.9 Å². The van der Waals surface area contributed by atoms with E-state index in [0.29, 0.717) is 12.3 Å². The quantitative estimate of drug-likeness (QED) is 0.733. The summed E-state index contributed by atoms with van der Waals surface area (Å²) < 4.78 is 5.23. The molecular weight excluding hydrogens is 276 g/mol. The number of aliphatic hydroxyl groups is 1. The minimum Gasteiger partial charge on any atom is -0.467 e. The van der Waals surface area contributed by atoms with Gasteiger partial charge in [0.2, 0.25) is 0 Å². The fourth-order valence-corrected chi connectivity index (χ4v) is 2.40. The van der Waals surface area contributed by atoms with Gasteiger partial charge in [-0.3, -0.25) is 4.98 Å². The summed E-state index contributed by atoms with van der Waals surface area (Å²) in [6, 6.07) is 19.4. The van der Waals surface area contributed by atoms with E-state index in [1.54, 1.807) is 24.6 Å². The first kappa shape index (κ1) is 14.5. The second-order valence-corrected chi connectivity index (χ2v) is 5.04. The Morgan fingerprint density at radius 1 is 1.00 bits per heavy atom. The molecule has 2 aromatic heterocycles. The third-order valence-electron chi connectivity index (χ3n) is 3.50. The molecule has 4 nitrogen and oxygen atoms in total. The highest BCUT2D eigenvalue weighted by Gasteiger charge is 2.17. The summed E-state index contributed by atoms with van der Waals surface area (Å²) in [5.74, 6) is 0.556. The smallest absolute Gasteiger partial charge is 0.133 e. The normalized spacial score (nSPS) is 13.7. The highest BCUT2D eigenvalue weighted by molar-refractivity contribution is 5.27. The van der Waals surface area contributed by atoms with E-state index in [0.717, 1.165) is 11.3 Å². The maximum Gasteiger partial charge on any atom is 0.133 e. The van der Waals surface area contributed by atoms with Crippen LogP contribution >= 0.6 is 0 Å². The van der Waals surface area contributed by atoms with Crippen molar-refractivity contribution < 1.29 is 9.52 Å². The van der Waals surface area contributed by atoms with Gasteiger partial charge >= 0.3 is 0 Å². The number of furan rings is 1. The lowest BCUT2D eigenvalue weighted by Gasteiger charge is -2.20. The Morgan fingerprint density at radius 3 is 2.50 bits per heavy atom. The van der Waals surface area contributed by atoms with Crippen LogP contribution in [0.25, 0.3) is 0 Å². The highest BCUT2D eigenvalue weighted by Crippen LogP contribution is 2.21. The molecule has 3 rings (SSSR count). The van der Waals surface area contributed by atoms with Crippen LogP contribution in [0.1, 0.15) is 29.2 Å². The molecule has 0 amide bonds. The fraction of sp³-hybridized carbons (Fsp3) is 0.167. The van der Waals surface area contributed by atoms with Crippen LogP contribution in [0.2, 0.25) is 0 Å². The zero-order valence-corrected chi connectivity index (χ0v) is 12.1. The number of nitrogens with one attached hydrogen (secondary N) is 1. The number of aromatic nitrogens is 1. The standard InChI is InChI=1S/C18H18N2O2/c21-16(17-10-6-12-22-17)13-20-18(14-7-2-1-3-8-14)15-9-4-5-11-19-15/h1-12,16,18,20-21H,13H2. The third-order valence-corrected chi connectivity index (χ3v) is 3.50. The van der Waals surface area contributed by atoms with Gasteiger partial charge in [-0.25, -0.2) is 0 Å². The zero-order chi connectivity index (χ0) is 15.2. The lowest BCUT2D eigenvalue weighted by atomic mass is 10.0. The summed E-state index contributed by atoms with van der Waals surface area (Å²) in [6.45, 7) is 0.379. The molecule has 112 valence electrons. The van der Waals surface area contributed by atoms with Crippen LogP contribution in [0.5, 0.6) is 0 Å². The van der Waals surface area contributed by atoms with Gasteiger partial charge < -0.3 is 14.8 Å². The molecular formula is C18H18N2O2. The molecule has 2 unspecified atom stereocenters. The minimum atomic E-state index is -0.690. The molecule has 2 N–H and O–H groups in total. The molecule has 1 aromatic carbocycles. The van der Waals surface area contributed by atoms with Crippen molar-refractivity contribution in [1.82, 2.24) is 10.3 Å². The number of nitrogens with zero attached hydrogens (tertiary/aromatic N) is 1. The first-order chi connectivity index (χ1) is 10.8. The predicted octanol–water partition coefficient (Wildman–Crippen LogP) is 3.09. The largest absolute Gasteiger partial charge is 0.467 e. The summed E-state index contributed by atoms with van der Waals surface area (Å²) in [4.78, 5) is 4.43. The summed E-state index contributed by atoms with van der Waals surface area (Å²) in [5.41, 5.74) is 2.02. The molecule has 0 aliphatic heterocycles. The summed E-state index contributed by atoms with van der Waals surface area (Å²) >= 11 is 0. The number of pyridine rings is 1. The molecule has 0 saturated heterocycles. The summed E-state index contributed by atoms with van der Waals surface area (Å²) in [7, 11) is 0. The van der Waals surface area contributed by atoms with Crippen molar-refractivity contribution in [3.05, 3.63) is 90.1 Å². The Kier molecular flexibility index (Phi) is 4.63. The van der Waals surface area contributed by atoms with E-state index in [9.17, 15) is 5.11 Å². The average Bonchev–Trinajstić information content (AvgIpc) is 3.11. The molecule has 22 heavy (non-hydrogen) atoms. The molecule has 0 saturated carbocycles. The molecule has 2 atom stereocenters. The molecule has 0 fully saturated rings. The van der Waals surface area contributed by atoms with Crippen LogP contribution in [-0.2, 0) is 0 Å². The Labute approximate surface area is 129 Å². The molecule has 3 aromatic rings. The molecule has 0 aliphatic rings. The molecule has 0 radical (unpaired) electrons. The summed E-state index contributed by atoms with van der Waals surface area (Å²) in [5, 5.41) is 13.5. The Hall–Kier alpha value is -2.43. The number of aliphatic hydroxyl groups excluding tert-OH is 1. The molecule has 2 heterocycles. The van der Waals surface area contributed by atoms with E-state index in [2.05, 4.69) is 10.3 Å². The van der Waals surface area contributed by atoms with Crippen LogP contribution < -0.4 is 5.32 Å². The van der Waals surface area contributed by atoms with Gasteiger partial charge in [-0.2, -0.15) is 0 Å². The van der Waals surface area contributed by atoms with Crippen molar-refractivity contribution in [3.63, 3.8) is 0 Å². The van der Waals surface area contributed by atoms with E-state index in [4.69, 9.17) is 4.42 Å². The van der Waals surface area contributed by atoms with Crippen LogP contribution in [-0.4, -0.2) is 16.6 Å². The molecule has 0 aliphatic carbocycles. The number of benzene rings is 1. The molecule has 4 heteroatoms. The van der Waals surface area contributed by atoms with E-state index < -0.39 is 6.10 Å². The highest BCUT2D eigenvalue weighted by atomic mass is 16.4. The van der Waals surface area contributed by atoms with E-state index in [1.165, 1.54) is 0 Å². The second-order valence-electron chi connectivity index (χ2n) is 5.04. The minimum absolute atomic E-state index is 0.0768. The summed E-state index contributed by atoms with van der Waals surface area (Å²) in [6.07, 6.45) is 2.65. The van der Waals surface area contributed by atoms with Crippen LogP contribution in [0.4, 0.5) is 0 Å². The van der Waals surface area contributed by atoms with Crippen LogP contribution in [0.3, 0.4) is 0 Å². The third kappa shape index (κ3) is 3.42. The lowest BCUT2D eigenvalue weighted by molar-refractivity contribution is 0.145.